The zero-order valence-corrected chi connectivity index (χ0v) is 11.8. The molecule has 0 saturated carbocycles. The Bertz CT molecular complexity index is 627. The summed E-state index contributed by atoms with van der Waals surface area (Å²) in [6.07, 6.45) is 0.869. The molecule has 0 aliphatic carbocycles. The van der Waals surface area contributed by atoms with Crippen molar-refractivity contribution in [1.29, 1.82) is 0 Å². The fraction of sp³-hybridized carbons (Fsp3) is 0.235. The lowest BCUT2D eigenvalue weighted by Gasteiger charge is -2.18. The summed E-state index contributed by atoms with van der Waals surface area (Å²) in [5.74, 6) is 0. The molecule has 108 valence electrons. The molecule has 2 aromatic rings. The van der Waals surface area contributed by atoms with Gasteiger partial charge in [0.15, 0.2) is 0 Å². The molecule has 1 saturated heterocycles. The highest BCUT2D eigenvalue weighted by Crippen LogP contribution is 2.27. The summed E-state index contributed by atoms with van der Waals surface area (Å²) in [6.45, 7) is 1.35. The van der Waals surface area contributed by atoms with Gasteiger partial charge in [-0.2, -0.15) is 0 Å². The van der Waals surface area contributed by atoms with E-state index in [4.69, 9.17) is 5.73 Å². The lowest BCUT2D eigenvalue weighted by Crippen LogP contribution is -2.35. The van der Waals surface area contributed by atoms with Crippen molar-refractivity contribution in [3.05, 3.63) is 54.6 Å². The van der Waals surface area contributed by atoms with Crippen LogP contribution in [0, 0.1) is 0 Å². The molecule has 0 aromatic heterocycles. The molecule has 4 heteroatoms. The number of hydrogen-bond acceptors (Lipinski definition) is 2. The Kier molecular flexibility index (Phi) is 3.88. The zero-order chi connectivity index (χ0) is 14.7. The molecule has 1 aliphatic heterocycles. The van der Waals surface area contributed by atoms with Crippen molar-refractivity contribution in [2.75, 3.05) is 18.4 Å². The second kappa shape index (κ2) is 5.97. The number of carbonyl (C=O) groups excluding carboxylic acids is 1. The third kappa shape index (κ3) is 3.06. The standard InChI is InChI=1S/C17H19N3O/c18-14-10-11-20(12-14)17(21)19-16-9-5-4-8-15(16)13-6-2-1-3-7-13/h1-9,14H,10-12,18H2,(H,19,21). The van der Waals surface area contributed by atoms with Crippen molar-refractivity contribution in [2.24, 2.45) is 5.73 Å². The van der Waals surface area contributed by atoms with E-state index in [1.165, 1.54) is 0 Å². The van der Waals surface area contributed by atoms with Crippen LogP contribution >= 0.6 is 0 Å². The minimum Gasteiger partial charge on any atom is -0.326 e. The maximum atomic E-state index is 12.3. The summed E-state index contributed by atoms with van der Waals surface area (Å²) in [5.41, 5.74) is 8.80. The molecule has 3 rings (SSSR count). The number of para-hydroxylation sites is 1. The van der Waals surface area contributed by atoms with Crippen molar-refractivity contribution in [3.8, 4) is 11.1 Å². The summed E-state index contributed by atoms with van der Waals surface area (Å²) >= 11 is 0. The number of likely N-dealkylation sites (tertiary alicyclic amines) is 1. The predicted molar refractivity (Wildman–Crippen MR) is 85.1 cm³/mol. The van der Waals surface area contributed by atoms with Gasteiger partial charge in [0, 0.05) is 24.7 Å². The fourth-order valence-electron chi connectivity index (χ4n) is 2.63. The van der Waals surface area contributed by atoms with E-state index < -0.39 is 0 Å². The molecule has 1 heterocycles. The van der Waals surface area contributed by atoms with Crippen molar-refractivity contribution >= 4 is 11.7 Å². The van der Waals surface area contributed by atoms with Crippen LogP contribution in [0.15, 0.2) is 54.6 Å². The van der Waals surface area contributed by atoms with E-state index in [0.717, 1.165) is 29.8 Å². The molecule has 2 aromatic carbocycles. The molecular weight excluding hydrogens is 262 g/mol. The molecule has 1 unspecified atom stereocenters. The first-order chi connectivity index (χ1) is 10.2. The van der Waals surface area contributed by atoms with Gasteiger partial charge >= 0.3 is 6.03 Å². The van der Waals surface area contributed by atoms with Crippen molar-refractivity contribution in [3.63, 3.8) is 0 Å². The molecule has 21 heavy (non-hydrogen) atoms. The second-order valence-corrected chi connectivity index (χ2v) is 5.34. The summed E-state index contributed by atoms with van der Waals surface area (Å²) in [6, 6.07) is 17.9. The Morgan fingerprint density at radius 3 is 2.52 bits per heavy atom. The summed E-state index contributed by atoms with van der Waals surface area (Å²) in [4.78, 5) is 14.1. The number of rotatable bonds is 2. The molecule has 0 spiro atoms. The van der Waals surface area contributed by atoms with Gasteiger partial charge in [-0.1, -0.05) is 48.5 Å². The third-order valence-corrected chi connectivity index (χ3v) is 3.77. The van der Waals surface area contributed by atoms with E-state index in [1.54, 1.807) is 4.90 Å². The van der Waals surface area contributed by atoms with Crippen molar-refractivity contribution in [1.82, 2.24) is 4.90 Å². The van der Waals surface area contributed by atoms with E-state index in [2.05, 4.69) is 5.32 Å². The van der Waals surface area contributed by atoms with Crippen LogP contribution in [0.3, 0.4) is 0 Å². The van der Waals surface area contributed by atoms with Crippen LogP contribution in [0.4, 0.5) is 10.5 Å². The highest BCUT2D eigenvalue weighted by atomic mass is 16.2. The Balaban J connectivity index is 1.81. The number of benzene rings is 2. The van der Waals surface area contributed by atoms with Gasteiger partial charge < -0.3 is 16.0 Å². The Morgan fingerprint density at radius 1 is 1.10 bits per heavy atom. The van der Waals surface area contributed by atoms with E-state index in [9.17, 15) is 4.79 Å². The normalized spacial score (nSPS) is 17.8. The zero-order valence-electron chi connectivity index (χ0n) is 11.8. The van der Waals surface area contributed by atoms with Gasteiger partial charge in [-0.25, -0.2) is 4.79 Å². The quantitative estimate of drug-likeness (QED) is 0.889. The minimum atomic E-state index is -0.0775. The molecule has 3 N–H and O–H groups in total. The maximum Gasteiger partial charge on any atom is 0.321 e. The maximum absolute atomic E-state index is 12.3. The summed E-state index contributed by atoms with van der Waals surface area (Å²) in [7, 11) is 0. The number of nitrogens with zero attached hydrogens (tertiary/aromatic N) is 1. The molecule has 1 fully saturated rings. The lowest BCUT2D eigenvalue weighted by atomic mass is 10.0. The Hall–Kier alpha value is -2.33. The lowest BCUT2D eigenvalue weighted by molar-refractivity contribution is 0.222. The number of carbonyl (C=O) groups is 1. The smallest absolute Gasteiger partial charge is 0.321 e. The number of nitrogens with one attached hydrogen (secondary N) is 1. The van der Waals surface area contributed by atoms with E-state index in [0.29, 0.717) is 6.54 Å². The van der Waals surface area contributed by atoms with Gasteiger partial charge in [-0.05, 0) is 18.1 Å². The monoisotopic (exact) mass is 281 g/mol. The first-order valence-electron chi connectivity index (χ1n) is 7.20. The highest BCUT2D eigenvalue weighted by Gasteiger charge is 2.23. The summed E-state index contributed by atoms with van der Waals surface area (Å²) in [5, 5.41) is 3.00. The van der Waals surface area contributed by atoms with Gasteiger partial charge in [0.2, 0.25) is 0 Å². The number of amides is 2. The van der Waals surface area contributed by atoms with Gasteiger partial charge in [-0.15, -0.1) is 0 Å². The van der Waals surface area contributed by atoms with E-state index in [1.807, 2.05) is 54.6 Å². The van der Waals surface area contributed by atoms with E-state index >= 15 is 0 Å². The Morgan fingerprint density at radius 2 is 1.81 bits per heavy atom. The molecule has 0 radical (unpaired) electrons. The Labute approximate surface area is 124 Å². The van der Waals surface area contributed by atoms with Crippen LogP contribution in [0.2, 0.25) is 0 Å². The van der Waals surface area contributed by atoms with Crippen LogP contribution in [-0.2, 0) is 0 Å². The largest absolute Gasteiger partial charge is 0.326 e. The van der Waals surface area contributed by atoms with Gasteiger partial charge in [0.05, 0.1) is 5.69 Å². The average Bonchev–Trinajstić information content (AvgIpc) is 2.95. The van der Waals surface area contributed by atoms with Gasteiger partial charge in [0.25, 0.3) is 0 Å². The highest BCUT2D eigenvalue weighted by molar-refractivity contribution is 5.94. The number of anilines is 1. The van der Waals surface area contributed by atoms with E-state index in [-0.39, 0.29) is 12.1 Å². The predicted octanol–water partition coefficient (Wildman–Crippen LogP) is 2.92. The first-order valence-corrected chi connectivity index (χ1v) is 7.20. The first kappa shape index (κ1) is 13.6. The molecule has 0 bridgehead atoms. The SMILES string of the molecule is NC1CCN(C(=O)Nc2ccccc2-c2ccccc2)C1. The molecular formula is C17H19N3O. The number of hydrogen-bond donors (Lipinski definition) is 2. The van der Waals surface area contributed by atoms with Crippen LogP contribution in [0.5, 0.6) is 0 Å². The third-order valence-electron chi connectivity index (χ3n) is 3.77. The molecule has 1 aliphatic rings. The topological polar surface area (TPSA) is 58.4 Å². The molecule has 1 atom stereocenters. The van der Waals surface area contributed by atoms with Gasteiger partial charge in [0.1, 0.15) is 0 Å². The molecule has 2 amide bonds. The van der Waals surface area contributed by atoms with Crippen LogP contribution in [-0.4, -0.2) is 30.1 Å². The summed E-state index contributed by atoms with van der Waals surface area (Å²) < 4.78 is 0. The number of nitrogens with two attached hydrogens (primary N) is 1. The van der Waals surface area contributed by atoms with Crippen LogP contribution in [0.1, 0.15) is 6.42 Å². The van der Waals surface area contributed by atoms with Crippen molar-refractivity contribution < 1.29 is 4.79 Å². The van der Waals surface area contributed by atoms with Gasteiger partial charge in [-0.3, -0.25) is 0 Å². The van der Waals surface area contributed by atoms with Crippen LogP contribution in [0.25, 0.3) is 11.1 Å². The average molecular weight is 281 g/mol. The fourth-order valence-corrected chi connectivity index (χ4v) is 2.63. The van der Waals surface area contributed by atoms with Crippen molar-refractivity contribution in [2.45, 2.75) is 12.5 Å². The molecule has 4 nitrogen and oxygen atoms in total. The van der Waals surface area contributed by atoms with Crippen LogP contribution < -0.4 is 11.1 Å². The second-order valence-electron chi connectivity index (χ2n) is 5.34. The minimum absolute atomic E-state index is 0.0775. The number of urea groups is 1.